The predicted molar refractivity (Wildman–Crippen MR) is 149 cm³/mol. The second-order valence-electron chi connectivity index (χ2n) is 11.0. The highest BCUT2D eigenvalue weighted by atomic mass is 32.2. The molecule has 1 aromatic heterocycles. The van der Waals surface area contributed by atoms with E-state index in [1.165, 1.54) is 61.0 Å². The van der Waals surface area contributed by atoms with Crippen LogP contribution in [0, 0.1) is 12.8 Å². The minimum atomic E-state index is -0.146. The van der Waals surface area contributed by atoms with Gasteiger partial charge in [0.2, 0.25) is 6.41 Å². The van der Waals surface area contributed by atoms with Gasteiger partial charge in [-0.25, -0.2) is 0 Å². The van der Waals surface area contributed by atoms with E-state index < -0.39 is 0 Å². The second kappa shape index (κ2) is 11.7. The van der Waals surface area contributed by atoms with Gasteiger partial charge in [-0.2, -0.15) is 5.10 Å². The van der Waals surface area contributed by atoms with Crippen molar-refractivity contribution in [3.8, 4) is 11.3 Å². The molecule has 0 atom stereocenters. The number of rotatable bonds is 8. The summed E-state index contributed by atoms with van der Waals surface area (Å²) in [5, 5.41) is 10.6. The molecule has 0 bridgehead atoms. The summed E-state index contributed by atoms with van der Waals surface area (Å²) in [6.45, 7) is 13.8. The third-order valence-electron chi connectivity index (χ3n) is 7.11. The van der Waals surface area contributed by atoms with Gasteiger partial charge in [-0.1, -0.05) is 52.2 Å². The zero-order valence-electron chi connectivity index (χ0n) is 22.5. The van der Waals surface area contributed by atoms with Crippen molar-refractivity contribution in [2.24, 2.45) is 16.2 Å². The number of nitrogens with two attached hydrogens (primary N) is 1. The molecule has 1 aliphatic carbocycles. The minimum Gasteiger partial charge on any atom is -0.343 e. The number of aromatic nitrogens is 1. The number of carbonyl (C=O) groups excluding carboxylic acids is 1. The molecule has 7 heteroatoms. The fourth-order valence-corrected chi connectivity index (χ4v) is 5.60. The highest BCUT2D eigenvalue weighted by Crippen LogP contribution is 2.36. The first kappa shape index (κ1) is 27.3. The summed E-state index contributed by atoms with van der Waals surface area (Å²) in [6, 6.07) is 8.79. The van der Waals surface area contributed by atoms with Crippen LogP contribution in [0.25, 0.3) is 11.3 Å². The van der Waals surface area contributed by atoms with Crippen LogP contribution < -0.4 is 10.6 Å². The first-order chi connectivity index (χ1) is 16.6. The first-order valence-corrected chi connectivity index (χ1v) is 13.7. The number of hydrogen-bond donors (Lipinski definition) is 2. The van der Waals surface area contributed by atoms with Crippen molar-refractivity contribution < 1.29 is 4.79 Å². The molecule has 35 heavy (non-hydrogen) atoms. The van der Waals surface area contributed by atoms with E-state index in [9.17, 15) is 4.79 Å². The quantitative estimate of drug-likeness (QED) is 0.153. The van der Waals surface area contributed by atoms with Crippen LogP contribution in [0.3, 0.4) is 0 Å². The van der Waals surface area contributed by atoms with Crippen LogP contribution in [0.1, 0.15) is 83.5 Å². The molecule has 0 spiro atoms. The van der Waals surface area contributed by atoms with Gasteiger partial charge in [0.05, 0.1) is 0 Å². The Kier molecular flexibility index (Phi) is 9.11. The van der Waals surface area contributed by atoms with E-state index in [1.54, 1.807) is 11.9 Å². The lowest BCUT2D eigenvalue weighted by atomic mass is 9.82. The number of hydrogen-bond acceptors (Lipinski definition) is 5. The Bertz CT molecular complexity index is 1040. The van der Waals surface area contributed by atoms with Crippen LogP contribution in [0.15, 0.2) is 34.3 Å². The molecule has 2 aromatic rings. The maximum Gasteiger partial charge on any atom is 0.215 e. The summed E-state index contributed by atoms with van der Waals surface area (Å²) >= 11 is 1.33. The smallest absolute Gasteiger partial charge is 0.215 e. The van der Waals surface area contributed by atoms with E-state index in [4.69, 9.17) is 5.14 Å². The maximum absolute atomic E-state index is 12.0. The molecule has 3 N–H and O–H groups in total. The number of hydrazone groups is 1. The Morgan fingerprint density at radius 1 is 1.26 bits per heavy atom. The average molecular weight is 498 g/mol. The molecular weight excluding hydrogens is 454 g/mol. The van der Waals surface area contributed by atoms with E-state index in [2.05, 4.69) is 67.1 Å². The van der Waals surface area contributed by atoms with Crippen molar-refractivity contribution in [3.05, 3.63) is 41.1 Å². The average Bonchev–Trinajstić information content (AvgIpc) is 3.13. The number of amides is 1. The largest absolute Gasteiger partial charge is 0.343 e. The van der Waals surface area contributed by atoms with Crippen molar-refractivity contribution in [1.29, 1.82) is 0 Å². The molecule has 1 amide bonds. The van der Waals surface area contributed by atoms with Crippen molar-refractivity contribution in [2.45, 2.75) is 96.5 Å². The molecule has 0 aliphatic heterocycles. The highest BCUT2D eigenvalue weighted by Gasteiger charge is 2.27. The molecule has 1 saturated carbocycles. The highest BCUT2D eigenvalue weighted by molar-refractivity contribution is 7.97. The summed E-state index contributed by atoms with van der Waals surface area (Å²) < 4.78 is 2.47. The van der Waals surface area contributed by atoms with Crippen LogP contribution in [0.5, 0.6) is 0 Å². The summed E-state index contributed by atoms with van der Waals surface area (Å²) in [6.07, 6.45) is 7.49. The van der Waals surface area contributed by atoms with Crippen molar-refractivity contribution in [3.63, 3.8) is 0 Å². The van der Waals surface area contributed by atoms with Crippen LogP contribution >= 0.6 is 11.9 Å². The van der Waals surface area contributed by atoms with Gasteiger partial charge in [0, 0.05) is 41.5 Å². The van der Waals surface area contributed by atoms with Crippen LogP contribution in [-0.2, 0) is 16.8 Å². The molecular formula is C28H43N5OS. The maximum atomic E-state index is 12.0. The summed E-state index contributed by atoms with van der Waals surface area (Å²) in [7, 11) is 1.77. The van der Waals surface area contributed by atoms with Gasteiger partial charge in [0.1, 0.15) is 0 Å². The van der Waals surface area contributed by atoms with Gasteiger partial charge in [-0.05, 0) is 80.2 Å². The Balaban J connectivity index is 2.15. The topological polar surface area (TPSA) is 75.7 Å². The number of carbonyl (C=O) groups is 1. The molecule has 0 radical (unpaired) electrons. The number of amidine groups is 1. The Labute approximate surface area is 215 Å². The van der Waals surface area contributed by atoms with E-state index in [1.807, 2.05) is 13.8 Å². The molecule has 1 aliphatic rings. The fraction of sp³-hybridized carbons (Fsp3) is 0.571. The van der Waals surface area contributed by atoms with Gasteiger partial charge in [0.15, 0.2) is 5.84 Å². The molecule has 1 aromatic carbocycles. The zero-order valence-corrected chi connectivity index (χ0v) is 23.3. The summed E-state index contributed by atoms with van der Waals surface area (Å²) in [4.78, 5) is 14.8. The van der Waals surface area contributed by atoms with Crippen LogP contribution in [0.2, 0.25) is 0 Å². The van der Waals surface area contributed by atoms with Crippen LogP contribution in [-0.4, -0.2) is 34.8 Å². The third-order valence-corrected chi connectivity index (χ3v) is 7.78. The Hall–Kier alpha value is -2.25. The minimum absolute atomic E-state index is 0.00777. The normalized spacial score (nSPS) is 15.5. The van der Waals surface area contributed by atoms with Crippen molar-refractivity contribution in [2.75, 3.05) is 7.05 Å². The van der Waals surface area contributed by atoms with Crippen molar-refractivity contribution >= 4 is 24.2 Å². The SMILES string of the molecule is CN/N=C(/c1ccc(-c2cc(SN)c(C)n2CC2CCCCC2)cc1C(C)(C)C)N(C=O)C(C)C. The summed E-state index contributed by atoms with van der Waals surface area (Å²) in [5.41, 5.74) is 8.49. The van der Waals surface area contributed by atoms with E-state index in [0.29, 0.717) is 11.8 Å². The summed E-state index contributed by atoms with van der Waals surface area (Å²) in [5.74, 6) is 1.35. The molecule has 1 fully saturated rings. The molecule has 192 valence electrons. The first-order valence-electron chi connectivity index (χ1n) is 12.8. The van der Waals surface area contributed by atoms with Gasteiger partial charge >= 0.3 is 0 Å². The third kappa shape index (κ3) is 6.12. The molecule has 6 nitrogen and oxygen atoms in total. The predicted octanol–water partition coefficient (Wildman–Crippen LogP) is 6.05. The molecule has 1 heterocycles. The number of nitrogens with one attached hydrogen (secondary N) is 1. The van der Waals surface area contributed by atoms with E-state index >= 15 is 0 Å². The lowest BCUT2D eigenvalue weighted by molar-refractivity contribution is -0.115. The zero-order chi connectivity index (χ0) is 25.8. The fourth-order valence-electron chi connectivity index (χ4n) is 5.14. The lowest BCUT2D eigenvalue weighted by Gasteiger charge is -2.29. The van der Waals surface area contributed by atoms with Crippen LogP contribution in [0.4, 0.5) is 0 Å². The Morgan fingerprint density at radius 3 is 2.49 bits per heavy atom. The van der Waals surface area contributed by atoms with Gasteiger partial charge in [-0.3, -0.25) is 14.8 Å². The standard InChI is InChI=1S/C28H43N5OS/c1-19(2)33(18-34)27(31-30-7)23-14-13-22(15-24(23)28(4,5)6)25-16-26(35-29)20(3)32(25)17-21-11-9-8-10-12-21/h13-16,18-19,21,30H,8-12,17,29H2,1-7H3/b31-27-. The second-order valence-corrected chi connectivity index (χ2v) is 11.7. The number of nitrogens with zero attached hydrogens (tertiary/aromatic N) is 3. The van der Waals surface area contributed by atoms with E-state index in [-0.39, 0.29) is 11.5 Å². The van der Waals surface area contributed by atoms with Crippen molar-refractivity contribution in [1.82, 2.24) is 14.9 Å². The molecule has 0 unspecified atom stereocenters. The monoisotopic (exact) mass is 497 g/mol. The van der Waals surface area contributed by atoms with Gasteiger partial charge in [-0.15, -0.1) is 0 Å². The molecule has 0 saturated heterocycles. The Morgan fingerprint density at radius 2 is 1.94 bits per heavy atom. The lowest BCUT2D eigenvalue weighted by Crippen LogP contribution is -2.38. The van der Waals surface area contributed by atoms with Gasteiger partial charge < -0.3 is 9.99 Å². The van der Waals surface area contributed by atoms with E-state index in [0.717, 1.165) is 29.0 Å². The number of benzene rings is 1. The van der Waals surface area contributed by atoms with Gasteiger partial charge in [0.25, 0.3) is 0 Å². The molecule has 3 rings (SSSR count).